The van der Waals surface area contributed by atoms with Crippen LogP contribution in [0.25, 0.3) is 0 Å². The fraction of sp³-hybridized carbons (Fsp3) is 0.615. The van der Waals surface area contributed by atoms with Gasteiger partial charge < -0.3 is 16.2 Å². The van der Waals surface area contributed by atoms with Gasteiger partial charge in [0.05, 0.1) is 11.6 Å². The van der Waals surface area contributed by atoms with E-state index >= 15 is 0 Å². The number of pyridine rings is 1. The number of hydrogen-bond acceptors (Lipinski definition) is 4. The normalized spacial score (nSPS) is 13.6. The van der Waals surface area contributed by atoms with Gasteiger partial charge in [-0.2, -0.15) is 0 Å². The first-order valence-corrected chi connectivity index (χ1v) is 6.20. The van der Waals surface area contributed by atoms with Crippen LogP contribution in [0, 0.1) is 0 Å². The molecule has 1 rings (SSSR count). The molecule has 4 nitrogen and oxygen atoms in total. The summed E-state index contributed by atoms with van der Waals surface area (Å²) in [7, 11) is 0. The zero-order chi connectivity index (χ0) is 12.9. The van der Waals surface area contributed by atoms with Crippen LogP contribution in [0.2, 0.25) is 0 Å². The zero-order valence-electron chi connectivity index (χ0n) is 10.9. The molecule has 0 bridgehead atoms. The van der Waals surface area contributed by atoms with Gasteiger partial charge in [0, 0.05) is 30.3 Å². The molecule has 0 aliphatic carbocycles. The molecule has 0 aromatic carbocycles. The van der Waals surface area contributed by atoms with E-state index in [1.54, 1.807) is 18.5 Å². The van der Waals surface area contributed by atoms with Crippen molar-refractivity contribution in [1.82, 2.24) is 4.98 Å². The Hall–Kier alpha value is -1.13. The van der Waals surface area contributed by atoms with Gasteiger partial charge in [0.2, 0.25) is 0 Å². The summed E-state index contributed by atoms with van der Waals surface area (Å²) in [6.45, 7) is 6.81. The van der Waals surface area contributed by atoms with Gasteiger partial charge in [-0.05, 0) is 25.8 Å². The summed E-state index contributed by atoms with van der Waals surface area (Å²) in [4.78, 5) is 4.09. The maximum absolute atomic E-state index is 6.34. The van der Waals surface area contributed by atoms with Crippen LogP contribution in [0.1, 0.15) is 45.2 Å². The maximum Gasteiger partial charge on any atom is 0.0870 e. The van der Waals surface area contributed by atoms with Crippen LogP contribution < -0.4 is 11.5 Å². The number of aromatic nitrogens is 1. The van der Waals surface area contributed by atoms with Gasteiger partial charge >= 0.3 is 0 Å². The Morgan fingerprint density at radius 3 is 2.47 bits per heavy atom. The summed E-state index contributed by atoms with van der Waals surface area (Å²) in [5, 5.41) is 0. The van der Waals surface area contributed by atoms with E-state index in [2.05, 4.69) is 18.8 Å². The van der Waals surface area contributed by atoms with E-state index in [0.29, 0.717) is 12.3 Å². The minimum Gasteiger partial charge on any atom is -0.398 e. The van der Waals surface area contributed by atoms with Gasteiger partial charge in [0.15, 0.2) is 0 Å². The van der Waals surface area contributed by atoms with Gasteiger partial charge in [0.1, 0.15) is 0 Å². The number of ether oxygens (including phenoxy) is 1. The van der Waals surface area contributed by atoms with Crippen LogP contribution in [-0.4, -0.2) is 17.2 Å². The highest BCUT2D eigenvalue weighted by molar-refractivity contribution is 5.47. The summed E-state index contributed by atoms with van der Waals surface area (Å²) >= 11 is 0. The standard InChI is InChI=1S/C13H23N3O/c1-4-13(5-2,17-6-3)12(15)10-9-16-8-7-11(10)14/h7-9,12H,4-6,15H2,1-3H3,(H2,14,16). The molecule has 0 spiro atoms. The third kappa shape index (κ3) is 2.76. The molecule has 4 heteroatoms. The first-order chi connectivity index (χ1) is 8.11. The van der Waals surface area contributed by atoms with E-state index in [4.69, 9.17) is 16.2 Å². The van der Waals surface area contributed by atoms with Crippen molar-refractivity contribution in [2.45, 2.75) is 45.3 Å². The van der Waals surface area contributed by atoms with E-state index in [1.165, 1.54) is 0 Å². The molecule has 96 valence electrons. The highest BCUT2D eigenvalue weighted by Crippen LogP contribution is 2.35. The monoisotopic (exact) mass is 237 g/mol. The topological polar surface area (TPSA) is 74.2 Å². The summed E-state index contributed by atoms with van der Waals surface area (Å²) in [5.41, 5.74) is 13.5. The molecule has 1 unspecified atom stereocenters. The van der Waals surface area contributed by atoms with Gasteiger partial charge in [-0.3, -0.25) is 4.98 Å². The number of rotatable bonds is 6. The van der Waals surface area contributed by atoms with Crippen molar-refractivity contribution >= 4 is 5.69 Å². The Labute approximate surface area is 103 Å². The fourth-order valence-corrected chi connectivity index (χ4v) is 2.23. The second-order valence-electron chi connectivity index (χ2n) is 4.19. The number of hydrogen-bond donors (Lipinski definition) is 2. The number of nitrogen functional groups attached to an aromatic ring is 1. The lowest BCUT2D eigenvalue weighted by Gasteiger charge is -2.37. The lowest BCUT2D eigenvalue weighted by Crippen LogP contribution is -2.43. The highest BCUT2D eigenvalue weighted by atomic mass is 16.5. The van der Waals surface area contributed by atoms with Crippen LogP contribution in [0.4, 0.5) is 5.69 Å². The Kier molecular flexibility index (Phi) is 4.90. The lowest BCUT2D eigenvalue weighted by molar-refractivity contribution is -0.0644. The molecule has 1 aromatic heterocycles. The van der Waals surface area contributed by atoms with Crippen molar-refractivity contribution < 1.29 is 4.74 Å². The van der Waals surface area contributed by atoms with Crippen LogP contribution >= 0.6 is 0 Å². The molecule has 17 heavy (non-hydrogen) atoms. The van der Waals surface area contributed by atoms with E-state index in [-0.39, 0.29) is 11.6 Å². The average molecular weight is 237 g/mol. The third-order valence-electron chi connectivity index (χ3n) is 3.42. The van der Waals surface area contributed by atoms with Crippen molar-refractivity contribution in [1.29, 1.82) is 0 Å². The van der Waals surface area contributed by atoms with Gasteiger partial charge in [-0.1, -0.05) is 13.8 Å². The first-order valence-electron chi connectivity index (χ1n) is 6.20. The molecular formula is C13H23N3O. The van der Waals surface area contributed by atoms with Crippen molar-refractivity contribution in [3.05, 3.63) is 24.0 Å². The lowest BCUT2D eigenvalue weighted by atomic mass is 9.84. The fourth-order valence-electron chi connectivity index (χ4n) is 2.23. The van der Waals surface area contributed by atoms with Crippen molar-refractivity contribution in [3.8, 4) is 0 Å². The van der Waals surface area contributed by atoms with Crippen LogP contribution in [-0.2, 0) is 4.74 Å². The molecule has 1 heterocycles. The van der Waals surface area contributed by atoms with E-state index in [0.717, 1.165) is 18.4 Å². The molecule has 0 fully saturated rings. The molecular weight excluding hydrogens is 214 g/mol. The molecule has 4 N–H and O–H groups in total. The number of nitrogens with zero attached hydrogens (tertiary/aromatic N) is 1. The highest BCUT2D eigenvalue weighted by Gasteiger charge is 2.36. The van der Waals surface area contributed by atoms with Gasteiger partial charge in [-0.25, -0.2) is 0 Å². The van der Waals surface area contributed by atoms with Gasteiger partial charge in [-0.15, -0.1) is 0 Å². The zero-order valence-corrected chi connectivity index (χ0v) is 10.9. The SMILES string of the molecule is CCOC(CC)(CC)C(N)c1cnccc1N. The molecule has 0 aliphatic heterocycles. The average Bonchev–Trinajstić information content (AvgIpc) is 2.36. The first kappa shape index (κ1) is 13.9. The van der Waals surface area contributed by atoms with E-state index < -0.39 is 0 Å². The number of nitrogens with two attached hydrogens (primary N) is 2. The Morgan fingerprint density at radius 1 is 1.35 bits per heavy atom. The van der Waals surface area contributed by atoms with Crippen LogP contribution in [0.15, 0.2) is 18.5 Å². The molecule has 0 saturated carbocycles. The van der Waals surface area contributed by atoms with Crippen LogP contribution in [0.3, 0.4) is 0 Å². The molecule has 1 aromatic rings. The van der Waals surface area contributed by atoms with Crippen molar-refractivity contribution in [2.75, 3.05) is 12.3 Å². The van der Waals surface area contributed by atoms with E-state index in [9.17, 15) is 0 Å². The minimum absolute atomic E-state index is 0.244. The summed E-state index contributed by atoms with van der Waals surface area (Å²) in [6, 6.07) is 1.53. The van der Waals surface area contributed by atoms with Crippen LogP contribution in [0.5, 0.6) is 0 Å². The second-order valence-corrected chi connectivity index (χ2v) is 4.19. The molecule has 0 saturated heterocycles. The maximum atomic E-state index is 6.34. The quantitative estimate of drug-likeness (QED) is 0.796. The number of anilines is 1. The molecule has 0 aliphatic rings. The Morgan fingerprint density at radius 2 is 2.00 bits per heavy atom. The summed E-state index contributed by atoms with van der Waals surface area (Å²) in [6.07, 6.45) is 5.12. The Bertz CT molecular complexity index is 350. The van der Waals surface area contributed by atoms with Gasteiger partial charge in [0.25, 0.3) is 0 Å². The van der Waals surface area contributed by atoms with E-state index in [1.807, 2.05) is 6.92 Å². The molecule has 0 amide bonds. The molecule has 1 atom stereocenters. The summed E-state index contributed by atoms with van der Waals surface area (Å²) < 4.78 is 5.89. The predicted molar refractivity (Wildman–Crippen MR) is 70.5 cm³/mol. The largest absolute Gasteiger partial charge is 0.398 e. The van der Waals surface area contributed by atoms with Crippen molar-refractivity contribution in [3.63, 3.8) is 0 Å². The van der Waals surface area contributed by atoms with Crippen molar-refractivity contribution in [2.24, 2.45) is 5.73 Å². The summed E-state index contributed by atoms with van der Waals surface area (Å²) in [5.74, 6) is 0. The smallest absolute Gasteiger partial charge is 0.0870 e. The molecule has 0 radical (unpaired) electrons. The minimum atomic E-state index is -0.355. The Balaban J connectivity index is 3.07. The second kappa shape index (κ2) is 5.98. The predicted octanol–water partition coefficient (Wildman–Crippen LogP) is 2.26. The third-order valence-corrected chi connectivity index (χ3v) is 3.42.